The van der Waals surface area contributed by atoms with E-state index in [0.717, 1.165) is 19.3 Å². The zero-order valence-electron chi connectivity index (χ0n) is 13.2. The predicted octanol–water partition coefficient (Wildman–Crippen LogP) is 3.43. The van der Waals surface area contributed by atoms with E-state index in [0.29, 0.717) is 24.5 Å². The van der Waals surface area contributed by atoms with Crippen molar-refractivity contribution in [1.82, 2.24) is 4.98 Å². The number of carbonyl (C=O) groups excluding carboxylic acids is 1. The zero-order chi connectivity index (χ0) is 17.2. The van der Waals surface area contributed by atoms with E-state index >= 15 is 0 Å². The van der Waals surface area contributed by atoms with E-state index < -0.39 is 4.92 Å². The maximum absolute atomic E-state index is 11.7. The highest BCUT2D eigenvalue weighted by Gasteiger charge is 2.06. The van der Waals surface area contributed by atoms with Crippen LogP contribution in [0.4, 0.5) is 11.5 Å². The zero-order valence-corrected chi connectivity index (χ0v) is 13.2. The largest absolute Gasteiger partial charge is 0.462 e. The van der Waals surface area contributed by atoms with E-state index in [-0.39, 0.29) is 11.7 Å². The number of hydrogen-bond acceptors (Lipinski definition) is 6. The highest BCUT2D eigenvalue weighted by Crippen LogP contribution is 2.12. The van der Waals surface area contributed by atoms with E-state index in [1.165, 1.54) is 12.3 Å². The second-order valence-electron chi connectivity index (χ2n) is 5.15. The molecule has 0 radical (unpaired) electrons. The second-order valence-corrected chi connectivity index (χ2v) is 5.15. The number of benzene rings is 1. The molecule has 0 aliphatic heterocycles. The van der Waals surface area contributed by atoms with E-state index in [4.69, 9.17) is 4.74 Å². The van der Waals surface area contributed by atoms with Crippen LogP contribution in [0.15, 0.2) is 48.7 Å². The summed E-state index contributed by atoms with van der Waals surface area (Å²) in [6, 6.07) is 11.9. The van der Waals surface area contributed by atoms with Crippen LogP contribution in [0.2, 0.25) is 0 Å². The fourth-order valence-electron chi connectivity index (χ4n) is 2.04. The smallest absolute Gasteiger partial charge is 0.338 e. The molecule has 7 heteroatoms. The molecule has 1 aromatic carbocycles. The summed E-state index contributed by atoms with van der Waals surface area (Å²) in [5, 5.41) is 13.6. The quantitative estimate of drug-likeness (QED) is 0.328. The molecule has 2 rings (SSSR count). The predicted molar refractivity (Wildman–Crippen MR) is 90.0 cm³/mol. The molecule has 0 unspecified atom stereocenters. The van der Waals surface area contributed by atoms with Gasteiger partial charge in [-0.15, -0.1) is 0 Å². The van der Waals surface area contributed by atoms with Crippen LogP contribution in [-0.4, -0.2) is 29.0 Å². The van der Waals surface area contributed by atoms with E-state index in [9.17, 15) is 14.9 Å². The third-order valence-electron chi connectivity index (χ3n) is 3.33. The Hall–Kier alpha value is -2.96. The van der Waals surface area contributed by atoms with Crippen molar-refractivity contribution in [3.05, 3.63) is 64.3 Å². The van der Waals surface area contributed by atoms with Gasteiger partial charge in [-0.1, -0.05) is 18.2 Å². The third kappa shape index (κ3) is 5.68. The minimum Gasteiger partial charge on any atom is -0.462 e. The van der Waals surface area contributed by atoms with Gasteiger partial charge in [0.05, 0.1) is 17.1 Å². The van der Waals surface area contributed by atoms with Gasteiger partial charge in [-0.05, 0) is 37.5 Å². The molecule has 0 aliphatic carbocycles. The number of rotatable bonds is 9. The molecule has 1 aromatic heterocycles. The van der Waals surface area contributed by atoms with E-state index in [2.05, 4.69) is 10.3 Å². The molecule has 24 heavy (non-hydrogen) atoms. The highest BCUT2D eigenvalue weighted by molar-refractivity contribution is 5.89. The summed E-state index contributed by atoms with van der Waals surface area (Å²) < 4.78 is 5.19. The minimum atomic E-state index is -0.479. The lowest BCUT2D eigenvalue weighted by atomic mass is 10.2. The number of carbonyl (C=O) groups is 1. The first-order valence-electron chi connectivity index (χ1n) is 7.73. The summed E-state index contributed by atoms with van der Waals surface area (Å²) in [5.41, 5.74) is 0.532. The molecule has 1 heterocycles. The average molecular weight is 329 g/mol. The van der Waals surface area contributed by atoms with Crippen LogP contribution in [0.5, 0.6) is 0 Å². The Labute approximate surface area is 139 Å². The number of aromatic nitrogens is 1. The molecule has 7 nitrogen and oxygen atoms in total. The molecule has 0 saturated carbocycles. The molecule has 0 fully saturated rings. The van der Waals surface area contributed by atoms with Gasteiger partial charge in [0, 0.05) is 12.6 Å². The standard InChI is InChI=1S/C17H19N3O4/c21-17(14-7-3-1-4-8-14)24-12-6-2-5-11-18-16-10-9-15(13-19-16)20(22)23/h1,3-4,7-10,13H,2,5-6,11-12H2,(H,18,19). The highest BCUT2D eigenvalue weighted by atomic mass is 16.6. The lowest BCUT2D eigenvalue weighted by molar-refractivity contribution is -0.385. The molecule has 2 aromatic rings. The normalized spacial score (nSPS) is 10.2. The molecule has 0 bridgehead atoms. The first-order chi connectivity index (χ1) is 11.7. The van der Waals surface area contributed by atoms with Gasteiger partial charge in [0.15, 0.2) is 0 Å². The van der Waals surface area contributed by atoms with Crippen molar-refractivity contribution in [2.24, 2.45) is 0 Å². The van der Waals surface area contributed by atoms with Gasteiger partial charge >= 0.3 is 5.97 Å². The molecule has 0 amide bonds. The molecule has 0 spiro atoms. The van der Waals surface area contributed by atoms with E-state index in [1.807, 2.05) is 6.07 Å². The number of ether oxygens (including phenoxy) is 1. The topological polar surface area (TPSA) is 94.4 Å². The number of esters is 1. The van der Waals surface area contributed by atoms with Crippen LogP contribution in [-0.2, 0) is 4.74 Å². The van der Waals surface area contributed by atoms with Crippen molar-refractivity contribution in [3.8, 4) is 0 Å². The van der Waals surface area contributed by atoms with Crippen molar-refractivity contribution >= 4 is 17.5 Å². The van der Waals surface area contributed by atoms with Gasteiger partial charge in [0.1, 0.15) is 12.0 Å². The molecule has 0 atom stereocenters. The Morgan fingerprint density at radius 1 is 1.12 bits per heavy atom. The summed E-state index contributed by atoms with van der Waals surface area (Å²) in [7, 11) is 0. The van der Waals surface area contributed by atoms with Gasteiger partial charge in [-0.2, -0.15) is 0 Å². The lowest BCUT2D eigenvalue weighted by Gasteiger charge is -2.06. The number of unbranched alkanes of at least 4 members (excludes halogenated alkanes) is 2. The molecular formula is C17H19N3O4. The van der Waals surface area contributed by atoms with Crippen LogP contribution >= 0.6 is 0 Å². The Bertz CT molecular complexity index is 659. The summed E-state index contributed by atoms with van der Waals surface area (Å²) in [5.74, 6) is 0.305. The monoisotopic (exact) mass is 329 g/mol. The Morgan fingerprint density at radius 2 is 1.92 bits per heavy atom. The maximum atomic E-state index is 11.7. The van der Waals surface area contributed by atoms with Gasteiger partial charge in [0.2, 0.25) is 0 Å². The van der Waals surface area contributed by atoms with Gasteiger partial charge in [-0.3, -0.25) is 10.1 Å². The van der Waals surface area contributed by atoms with Crippen molar-refractivity contribution in [1.29, 1.82) is 0 Å². The van der Waals surface area contributed by atoms with E-state index in [1.54, 1.807) is 30.3 Å². The second kappa shape index (κ2) is 9.24. The summed E-state index contributed by atoms with van der Waals surface area (Å²) in [6.07, 6.45) is 3.81. The Morgan fingerprint density at radius 3 is 2.58 bits per heavy atom. The molecule has 1 N–H and O–H groups in total. The van der Waals surface area contributed by atoms with Gasteiger partial charge in [0.25, 0.3) is 5.69 Å². The molecule has 126 valence electrons. The Kier molecular flexibility index (Phi) is 6.70. The average Bonchev–Trinajstić information content (AvgIpc) is 2.62. The molecule has 0 aliphatic rings. The van der Waals surface area contributed by atoms with Crippen LogP contribution < -0.4 is 5.32 Å². The number of nitro groups is 1. The SMILES string of the molecule is O=C(OCCCCCNc1ccc([N+](=O)[O-])cn1)c1ccccc1. The number of nitrogens with zero attached hydrogens (tertiary/aromatic N) is 2. The van der Waals surface area contributed by atoms with Crippen LogP contribution in [0, 0.1) is 10.1 Å². The number of anilines is 1. The number of pyridine rings is 1. The Balaban J connectivity index is 1.55. The summed E-state index contributed by atoms with van der Waals surface area (Å²) in [4.78, 5) is 25.7. The lowest BCUT2D eigenvalue weighted by Crippen LogP contribution is -2.07. The van der Waals surface area contributed by atoms with Crippen molar-refractivity contribution in [3.63, 3.8) is 0 Å². The summed E-state index contributed by atoms with van der Waals surface area (Å²) in [6.45, 7) is 1.10. The number of nitrogens with one attached hydrogen (secondary N) is 1. The number of hydrogen-bond donors (Lipinski definition) is 1. The fourth-order valence-corrected chi connectivity index (χ4v) is 2.04. The van der Waals surface area contributed by atoms with Crippen molar-refractivity contribution < 1.29 is 14.5 Å². The van der Waals surface area contributed by atoms with Crippen molar-refractivity contribution in [2.75, 3.05) is 18.5 Å². The molecular weight excluding hydrogens is 310 g/mol. The van der Waals surface area contributed by atoms with Crippen LogP contribution in [0.3, 0.4) is 0 Å². The van der Waals surface area contributed by atoms with Crippen molar-refractivity contribution in [2.45, 2.75) is 19.3 Å². The van der Waals surface area contributed by atoms with Crippen LogP contribution in [0.25, 0.3) is 0 Å². The summed E-state index contributed by atoms with van der Waals surface area (Å²) >= 11 is 0. The van der Waals surface area contributed by atoms with Gasteiger partial charge < -0.3 is 10.1 Å². The minimum absolute atomic E-state index is 0.0271. The maximum Gasteiger partial charge on any atom is 0.338 e. The third-order valence-corrected chi connectivity index (χ3v) is 3.33. The van der Waals surface area contributed by atoms with Crippen LogP contribution in [0.1, 0.15) is 29.6 Å². The molecule has 0 saturated heterocycles. The first kappa shape index (κ1) is 17.4. The van der Waals surface area contributed by atoms with Gasteiger partial charge in [-0.25, -0.2) is 9.78 Å². The first-order valence-corrected chi connectivity index (χ1v) is 7.73. The fraction of sp³-hybridized carbons (Fsp3) is 0.294.